The van der Waals surface area contributed by atoms with Gasteiger partial charge in [0.25, 0.3) is 5.69 Å². The quantitative estimate of drug-likeness (QED) is 0.629. The molecule has 1 aliphatic heterocycles. The van der Waals surface area contributed by atoms with E-state index in [1.165, 1.54) is 6.07 Å². The molecule has 1 aromatic carbocycles. The fraction of sp³-hybridized carbons (Fsp3) is 0.462. The largest absolute Gasteiger partial charge is 0.371 e. The first kappa shape index (κ1) is 14.3. The molecule has 7 heteroatoms. The Morgan fingerprint density at radius 3 is 3.00 bits per heavy atom. The molecule has 1 heterocycles. The second-order valence-electron chi connectivity index (χ2n) is 4.82. The summed E-state index contributed by atoms with van der Waals surface area (Å²) in [5, 5.41) is 17.0. The van der Waals surface area contributed by atoms with Gasteiger partial charge in [-0.3, -0.25) is 14.9 Å². The summed E-state index contributed by atoms with van der Waals surface area (Å²) in [6.45, 7) is 4.20. The number of nitro groups is 1. The molecular formula is C13H18N4O3. The van der Waals surface area contributed by atoms with Crippen LogP contribution in [0.4, 0.5) is 11.4 Å². The van der Waals surface area contributed by atoms with Crippen molar-refractivity contribution in [1.82, 2.24) is 10.2 Å². The van der Waals surface area contributed by atoms with Gasteiger partial charge in [0.1, 0.15) is 5.69 Å². The molecule has 1 atom stereocenters. The third-order valence-electron chi connectivity index (χ3n) is 3.25. The molecule has 1 aromatic rings. The van der Waals surface area contributed by atoms with Crippen LogP contribution < -0.4 is 10.6 Å². The van der Waals surface area contributed by atoms with E-state index in [1.54, 1.807) is 23.1 Å². The predicted octanol–water partition coefficient (Wildman–Crippen LogP) is 0.827. The van der Waals surface area contributed by atoms with Gasteiger partial charge in [0.2, 0.25) is 5.91 Å². The van der Waals surface area contributed by atoms with Crippen molar-refractivity contribution in [3.05, 3.63) is 34.4 Å². The van der Waals surface area contributed by atoms with Crippen LogP contribution in [0.5, 0.6) is 0 Å². The summed E-state index contributed by atoms with van der Waals surface area (Å²) < 4.78 is 0. The van der Waals surface area contributed by atoms with Gasteiger partial charge < -0.3 is 15.5 Å². The van der Waals surface area contributed by atoms with Gasteiger partial charge >= 0.3 is 0 Å². The molecule has 1 unspecified atom stereocenters. The normalized spacial score (nSPS) is 18.6. The summed E-state index contributed by atoms with van der Waals surface area (Å²) in [6, 6.07) is 6.60. The highest BCUT2D eigenvalue weighted by atomic mass is 16.6. The molecular weight excluding hydrogens is 260 g/mol. The average molecular weight is 278 g/mol. The Morgan fingerprint density at radius 1 is 1.55 bits per heavy atom. The fourth-order valence-electron chi connectivity index (χ4n) is 2.22. The third kappa shape index (κ3) is 3.45. The number of carbonyl (C=O) groups excluding carboxylic acids is 1. The SMILES string of the molecule is CC1CN(C(=O)CNc2ccccc2[N+](=O)[O-])CCN1. The number of nitrogens with zero attached hydrogens (tertiary/aromatic N) is 2. The zero-order valence-corrected chi connectivity index (χ0v) is 11.3. The highest BCUT2D eigenvalue weighted by Crippen LogP contribution is 2.22. The second kappa shape index (κ2) is 6.33. The number of nitro benzene ring substituents is 1. The number of rotatable bonds is 4. The molecule has 1 fully saturated rings. The van der Waals surface area contributed by atoms with E-state index in [0.717, 1.165) is 6.54 Å². The molecule has 7 nitrogen and oxygen atoms in total. The summed E-state index contributed by atoms with van der Waals surface area (Å²) in [5.74, 6) is -0.0449. The van der Waals surface area contributed by atoms with Crippen LogP contribution in [0, 0.1) is 10.1 Å². The first-order chi connectivity index (χ1) is 9.58. The van der Waals surface area contributed by atoms with Crippen LogP contribution in [-0.2, 0) is 4.79 Å². The van der Waals surface area contributed by atoms with Crippen LogP contribution >= 0.6 is 0 Å². The van der Waals surface area contributed by atoms with E-state index < -0.39 is 4.92 Å². The second-order valence-corrected chi connectivity index (χ2v) is 4.82. The van der Waals surface area contributed by atoms with Gasteiger partial charge in [-0.25, -0.2) is 0 Å². The van der Waals surface area contributed by atoms with Crippen molar-refractivity contribution in [2.45, 2.75) is 13.0 Å². The monoisotopic (exact) mass is 278 g/mol. The van der Waals surface area contributed by atoms with Crippen molar-refractivity contribution in [3.63, 3.8) is 0 Å². The molecule has 2 rings (SSSR count). The van der Waals surface area contributed by atoms with Crippen LogP contribution in [0.1, 0.15) is 6.92 Å². The number of piperazine rings is 1. The minimum Gasteiger partial charge on any atom is -0.371 e. The number of amides is 1. The number of benzene rings is 1. The number of para-hydroxylation sites is 2. The molecule has 108 valence electrons. The van der Waals surface area contributed by atoms with E-state index in [2.05, 4.69) is 10.6 Å². The molecule has 0 saturated carbocycles. The summed E-state index contributed by atoms with van der Waals surface area (Å²) in [7, 11) is 0. The van der Waals surface area contributed by atoms with Gasteiger partial charge in [-0.2, -0.15) is 0 Å². The highest BCUT2D eigenvalue weighted by molar-refractivity contribution is 5.82. The van der Waals surface area contributed by atoms with Gasteiger partial charge in [0.15, 0.2) is 0 Å². The lowest BCUT2D eigenvalue weighted by molar-refractivity contribution is -0.383. The van der Waals surface area contributed by atoms with Gasteiger partial charge in [-0.05, 0) is 13.0 Å². The minimum absolute atomic E-state index is 0.0195. The molecule has 0 aromatic heterocycles. The lowest BCUT2D eigenvalue weighted by atomic mass is 10.2. The van der Waals surface area contributed by atoms with E-state index in [0.29, 0.717) is 18.8 Å². The average Bonchev–Trinajstić information content (AvgIpc) is 2.45. The van der Waals surface area contributed by atoms with E-state index >= 15 is 0 Å². The maximum Gasteiger partial charge on any atom is 0.292 e. The molecule has 1 aliphatic rings. The summed E-state index contributed by atoms with van der Waals surface area (Å²) in [5.41, 5.74) is 0.350. The van der Waals surface area contributed by atoms with Gasteiger partial charge in [0, 0.05) is 31.7 Å². The first-order valence-electron chi connectivity index (χ1n) is 6.56. The fourth-order valence-corrected chi connectivity index (χ4v) is 2.22. The van der Waals surface area contributed by atoms with E-state index in [9.17, 15) is 14.9 Å². The van der Waals surface area contributed by atoms with Crippen LogP contribution in [0.3, 0.4) is 0 Å². The Morgan fingerprint density at radius 2 is 2.30 bits per heavy atom. The van der Waals surface area contributed by atoms with Crippen molar-refractivity contribution in [1.29, 1.82) is 0 Å². The zero-order valence-electron chi connectivity index (χ0n) is 11.3. The van der Waals surface area contributed by atoms with Crippen molar-refractivity contribution in [3.8, 4) is 0 Å². The molecule has 1 amide bonds. The molecule has 0 radical (unpaired) electrons. The van der Waals surface area contributed by atoms with Crippen LogP contribution in [-0.4, -0.2) is 48.0 Å². The van der Waals surface area contributed by atoms with E-state index in [4.69, 9.17) is 0 Å². The Balaban J connectivity index is 1.95. The third-order valence-corrected chi connectivity index (χ3v) is 3.25. The van der Waals surface area contributed by atoms with Gasteiger partial charge in [-0.1, -0.05) is 12.1 Å². The molecule has 20 heavy (non-hydrogen) atoms. The first-order valence-corrected chi connectivity index (χ1v) is 6.56. The maximum absolute atomic E-state index is 12.1. The van der Waals surface area contributed by atoms with Crippen molar-refractivity contribution in [2.75, 3.05) is 31.5 Å². The molecule has 1 saturated heterocycles. The van der Waals surface area contributed by atoms with Crippen molar-refractivity contribution < 1.29 is 9.72 Å². The Labute approximate surface area is 117 Å². The highest BCUT2D eigenvalue weighted by Gasteiger charge is 2.21. The van der Waals surface area contributed by atoms with Gasteiger partial charge in [-0.15, -0.1) is 0 Å². The molecule has 0 bridgehead atoms. The van der Waals surface area contributed by atoms with Crippen LogP contribution in [0.2, 0.25) is 0 Å². The zero-order chi connectivity index (χ0) is 14.5. The van der Waals surface area contributed by atoms with Crippen molar-refractivity contribution >= 4 is 17.3 Å². The molecule has 2 N–H and O–H groups in total. The Kier molecular flexibility index (Phi) is 4.52. The molecule has 0 spiro atoms. The standard InChI is InChI=1S/C13H18N4O3/c1-10-9-16(7-6-14-10)13(18)8-15-11-4-2-3-5-12(11)17(19)20/h2-5,10,14-15H,6-9H2,1H3. The summed E-state index contributed by atoms with van der Waals surface area (Å²) in [6.07, 6.45) is 0. The summed E-state index contributed by atoms with van der Waals surface area (Å²) in [4.78, 5) is 24.2. The van der Waals surface area contributed by atoms with Crippen LogP contribution in [0.15, 0.2) is 24.3 Å². The number of hydrogen-bond acceptors (Lipinski definition) is 5. The predicted molar refractivity (Wildman–Crippen MR) is 75.6 cm³/mol. The lowest BCUT2D eigenvalue weighted by Gasteiger charge is -2.32. The Hall–Kier alpha value is -2.15. The maximum atomic E-state index is 12.1. The van der Waals surface area contributed by atoms with E-state index in [1.807, 2.05) is 6.92 Å². The number of anilines is 1. The van der Waals surface area contributed by atoms with Crippen molar-refractivity contribution in [2.24, 2.45) is 0 Å². The van der Waals surface area contributed by atoms with Crippen LogP contribution in [0.25, 0.3) is 0 Å². The number of nitrogens with one attached hydrogen (secondary N) is 2. The summed E-state index contributed by atoms with van der Waals surface area (Å²) >= 11 is 0. The lowest BCUT2D eigenvalue weighted by Crippen LogP contribution is -2.52. The minimum atomic E-state index is -0.459. The topological polar surface area (TPSA) is 87.5 Å². The Bertz CT molecular complexity index is 506. The number of carbonyl (C=O) groups is 1. The molecule has 0 aliphatic carbocycles. The smallest absolute Gasteiger partial charge is 0.292 e. The number of hydrogen-bond donors (Lipinski definition) is 2. The van der Waals surface area contributed by atoms with E-state index in [-0.39, 0.29) is 24.2 Å². The van der Waals surface area contributed by atoms with Gasteiger partial charge in [0.05, 0.1) is 11.5 Å².